The average Bonchev–Trinajstić information content (AvgIpc) is 2.78. The van der Waals surface area contributed by atoms with Gasteiger partial charge < -0.3 is 14.8 Å². The minimum Gasteiger partial charge on any atom is -0.493 e. The minimum absolute atomic E-state index is 0.201. The molecule has 2 N–H and O–H groups in total. The number of amides is 1. The highest BCUT2D eigenvalue weighted by atomic mass is 32.2. The fraction of sp³-hybridized carbons (Fsp3) is 0.261. The van der Waals surface area contributed by atoms with Crippen molar-refractivity contribution >= 4 is 32.8 Å². The molecule has 1 atom stereocenters. The Bertz CT molecular complexity index is 1290. The van der Waals surface area contributed by atoms with E-state index in [1.807, 2.05) is 18.2 Å². The van der Waals surface area contributed by atoms with Gasteiger partial charge in [-0.3, -0.25) is 0 Å². The molecular weight excluding hydrogens is 442 g/mol. The van der Waals surface area contributed by atoms with Crippen molar-refractivity contribution in [3.05, 3.63) is 59.9 Å². The molecule has 1 aliphatic heterocycles. The van der Waals surface area contributed by atoms with Crippen LogP contribution >= 0.6 is 0 Å². The van der Waals surface area contributed by atoms with Gasteiger partial charge in [-0.15, -0.1) is 0 Å². The summed E-state index contributed by atoms with van der Waals surface area (Å²) in [5, 5.41) is 4.64. The Kier molecular flexibility index (Phi) is 6.74. The lowest BCUT2D eigenvalue weighted by Gasteiger charge is -2.19. The molecule has 0 bridgehead atoms. The minimum atomic E-state index is -2.78. The van der Waals surface area contributed by atoms with Crippen LogP contribution in [0.1, 0.15) is 24.5 Å². The number of carbonyl (C=O) groups excluding carboxylic acids is 1. The van der Waals surface area contributed by atoms with Gasteiger partial charge in [-0.1, -0.05) is 24.3 Å². The third-order valence-corrected chi connectivity index (χ3v) is 6.11. The fourth-order valence-electron chi connectivity index (χ4n) is 3.49. The molecular formula is C23H25N5O4S. The van der Waals surface area contributed by atoms with Crippen LogP contribution in [0.5, 0.6) is 5.75 Å². The van der Waals surface area contributed by atoms with Crippen LogP contribution < -0.4 is 14.8 Å². The van der Waals surface area contributed by atoms with Crippen molar-refractivity contribution in [2.24, 2.45) is 0 Å². The predicted octanol–water partition coefficient (Wildman–Crippen LogP) is 3.33. The Balaban J connectivity index is 1.56. The highest BCUT2D eigenvalue weighted by Gasteiger charge is 2.17. The van der Waals surface area contributed by atoms with Crippen LogP contribution in [-0.4, -0.2) is 50.1 Å². The van der Waals surface area contributed by atoms with Crippen molar-refractivity contribution in [1.29, 1.82) is 0 Å². The quantitative estimate of drug-likeness (QED) is 0.531. The number of para-hydroxylation sites is 1. The van der Waals surface area contributed by atoms with E-state index in [2.05, 4.69) is 31.1 Å². The molecule has 172 valence electrons. The smallest absolute Gasteiger partial charge is 0.418 e. The molecule has 3 aromatic rings. The highest BCUT2D eigenvalue weighted by molar-refractivity contribution is 7.99. The van der Waals surface area contributed by atoms with Gasteiger partial charge in [-0.25, -0.2) is 23.7 Å². The molecule has 33 heavy (non-hydrogen) atoms. The van der Waals surface area contributed by atoms with E-state index < -0.39 is 15.8 Å². The van der Waals surface area contributed by atoms with Crippen molar-refractivity contribution in [1.82, 2.24) is 19.7 Å². The van der Waals surface area contributed by atoms with Crippen LogP contribution in [0.3, 0.4) is 0 Å². The van der Waals surface area contributed by atoms with Crippen LogP contribution in [0.25, 0.3) is 11.4 Å². The molecule has 1 aliphatic rings. The maximum Gasteiger partial charge on any atom is 0.418 e. The van der Waals surface area contributed by atoms with Gasteiger partial charge in [0, 0.05) is 17.3 Å². The molecule has 0 spiro atoms. The van der Waals surface area contributed by atoms with Crippen molar-refractivity contribution in [3.63, 3.8) is 0 Å². The van der Waals surface area contributed by atoms with Crippen LogP contribution in [-0.2, 0) is 20.9 Å². The Morgan fingerprint density at radius 1 is 1.24 bits per heavy atom. The van der Waals surface area contributed by atoms with Crippen LogP contribution in [0, 0.1) is 0 Å². The molecule has 2 aromatic carbocycles. The Labute approximate surface area is 192 Å². The van der Waals surface area contributed by atoms with Gasteiger partial charge in [0.2, 0.25) is 5.95 Å². The Morgan fingerprint density at radius 2 is 2.09 bits per heavy atom. The number of anilines is 2. The number of ether oxygens (including phenoxy) is 2. The standard InChI is InChI=1S/C23H25N5O4S/c1-3-31-23(29)28-33(2,30)14-16-7-4-10-18(13-16)26-22-25-15-24-21(27-22)19-11-5-8-17-9-6-12-32-20(17)19/h4-5,7-8,10-11,13-15H,3,6,9,12H2,1-2H3,(H,28,29,30)(H,24,25,26,27). The summed E-state index contributed by atoms with van der Waals surface area (Å²) in [4.78, 5) is 24.7. The number of fused-ring (bicyclic) bond motifs is 1. The molecule has 0 saturated carbocycles. The van der Waals surface area contributed by atoms with E-state index in [-0.39, 0.29) is 6.61 Å². The second-order valence-electron chi connectivity index (χ2n) is 7.47. The third-order valence-electron chi connectivity index (χ3n) is 4.81. The summed E-state index contributed by atoms with van der Waals surface area (Å²) in [6.07, 6.45) is 4.12. The number of benzene rings is 2. The first-order valence-corrected chi connectivity index (χ1v) is 12.6. The lowest BCUT2D eigenvalue weighted by atomic mass is 10.0. The topological polar surface area (TPSA) is 115 Å². The largest absolute Gasteiger partial charge is 0.493 e. The van der Waals surface area contributed by atoms with Gasteiger partial charge in [0.15, 0.2) is 5.82 Å². The van der Waals surface area contributed by atoms with E-state index in [1.165, 1.54) is 18.0 Å². The fourth-order valence-corrected chi connectivity index (χ4v) is 4.60. The second-order valence-corrected chi connectivity index (χ2v) is 9.72. The van der Waals surface area contributed by atoms with Crippen LogP contribution in [0.2, 0.25) is 0 Å². The molecule has 2 heterocycles. The molecule has 9 nitrogen and oxygen atoms in total. The third kappa shape index (κ3) is 5.78. The zero-order valence-corrected chi connectivity index (χ0v) is 19.2. The highest BCUT2D eigenvalue weighted by Crippen LogP contribution is 2.34. The van der Waals surface area contributed by atoms with Gasteiger partial charge in [0.05, 0.1) is 28.5 Å². The lowest BCUT2D eigenvalue weighted by Crippen LogP contribution is -2.31. The van der Waals surface area contributed by atoms with Crippen molar-refractivity contribution < 1.29 is 18.5 Å². The van der Waals surface area contributed by atoms with Gasteiger partial charge in [0.25, 0.3) is 0 Å². The zero-order chi connectivity index (χ0) is 23.3. The number of hydrogen-bond donors (Lipinski definition) is 2. The predicted molar refractivity (Wildman–Crippen MR) is 128 cm³/mol. The first kappa shape index (κ1) is 22.5. The molecule has 10 heteroatoms. The van der Waals surface area contributed by atoms with Crippen LogP contribution in [0.4, 0.5) is 16.4 Å². The molecule has 1 amide bonds. The first-order valence-electron chi connectivity index (χ1n) is 10.5. The lowest BCUT2D eigenvalue weighted by molar-refractivity contribution is 0.159. The van der Waals surface area contributed by atoms with E-state index in [0.717, 1.165) is 29.7 Å². The maximum absolute atomic E-state index is 12.7. The second kappa shape index (κ2) is 9.86. The van der Waals surface area contributed by atoms with Crippen molar-refractivity contribution in [2.45, 2.75) is 19.8 Å². The summed E-state index contributed by atoms with van der Waals surface area (Å²) >= 11 is 0. The average molecular weight is 468 g/mol. The Hall–Kier alpha value is -3.66. The number of carbonyl (C=O) groups is 1. The monoisotopic (exact) mass is 467 g/mol. The number of nitrogens with zero attached hydrogens (tertiary/aromatic N) is 3. The Morgan fingerprint density at radius 3 is 2.94 bits per heavy atom. The first-order chi connectivity index (χ1) is 15.9. The molecule has 1 unspecified atom stereocenters. The summed E-state index contributed by atoms with van der Waals surface area (Å²) in [6.45, 7) is 2.56. The molecule has 0 aliphatic carbocycles. The van der Waals surface area contributed by atoms with Gasteiger partial charge >= 0.3 is 6.09 Å². The van der Waals surface area contributed by atoms with Crippen molar-refractivity contribution in [2.75, 3.05) is 24.8 Å². The van der Waals surface area contributed by atoms with E-state index in [9.17, 15) is 9.00 Å². The number of rotatable bonds is 6. The van der Waals surface area contributed by atoms with E-state index in [4.69, 9.17) is 9.47 Å². The maximum atomic E-state index is 12.7. The van der Waals surface area contributed by atoms with Gasteiger partial charge in [-0.2, -0.15) is 4.98 Å². The van der Waals surface area contributed by atoms with Crippen molar-refractivity contribution in [3.8, 4) is 17.1 Å². The van der Waals surface area contributed by atoms with E-state index in [1.54, 1.807) is 25.1 Å². The zero-order valence-electron chi connectivity index (χ0n) is 18.4. The number of hydrogen-bond acceptors (Lipinski definition) is 8. The molecule has 0 radical (unpaired) electrons. The van der Waals surface area contributed by atoms with Crippen LogP contribution in [0.15, 0.2) is 48.8 Å². The number of aromatic nitrogens is 3. The van der Waals surface area contributed by atoms with E-state index in [0.29, 0.717) is 29.6 Å². The van der Waals surface area contributed by atoms with Gasteiger partial charge in [0.1, 0.15) is 12.1 Å². The molecule has 0 fully saturated rings. The summed E-state index contributed by atoms with van der Waals surface area (Å²) in [6, 6.07) is 13.2. The summed E-state index contributed by atoms with van der Waals surface area (Å²) in [5.41, 5.74) is 3.33. The SMILES string of the molecule is CCOC(=O)NS(C)(=O)=Cc1cccc(Nc2ncnc(-c3cccc4c3OCCC4)n2)c1. The molecule has 4 rings (SSSR count). The number of aryl methyl sites for hydroxylation is 1. The van der Waals surface area contributed by atoms with Gasteiger partial charge in [-0.05, 0) is 49.1 Å². The summed E-state index contributed by atoms with van der Waals surface area (Å²) < 4.78 is 25.8. The number of nitrogens with one attached hydrogen (secondary N) is 2. The normalized spacial score (nSPS) is 14.2. The molecule has 1 aromatic heterocycles. The summed E-state index contributed by atoms with van der Waals surface area (Å²) in [7, 11) is -2.78. The molecule has 0 saturated heterocycles. The van der Waals surface area contributed by atoms with E-state index >= 15 is 0 Å². The summed E-state index contributed by atoms with van der Waals surface area (Å²) in [5.74, 6) is 1.71.